The van der Waals surface area contributed by atoms with Crippen molar-refractivity contribution in [1.82, 2.24) is 5.32 Å². The van der Waals surface area contributed by atoms with Gasteiger partial charge in [-0.05, 0) is 25.5 Å². The summed E-state index contributed by atoms with van der Waals surface area (Å²) in [6.07, 6.45) is 1.98. The van der Waals surface area contributed by atoms with Gasteiger partial charge in [-0.3, -0.25) is 0 Å². The second-order valence-corrected chi connectivity index (χ2v) is 4.64. The third-order valence-electron chi connectivity index (χ3n) is 3.18. The first-order valence-electron chi connectivity index (χ1n) is 5.78. The minimum absolute atomic E-state index is 0.0309. The Kier molecular flexibility index (Phi) is 2.84. The number of hydrogen-bond acceptors (Lipinski definition) is 3. The summed E-state index contributed by atoms with van der Waals surface area (Å²) in [4.78, 5) is 0. The van der Waals surface area contributed by atoms with Crippen molar-refractivity contribution >= 4 is 11.6 Å². The quantitative estimate of drug-likeness (QED) is 0.839. The lowest BCUT2D eigenvalue weighted by atomic mass is 10.0. The molecule has 1 fully saturated rings. The van der Waals surface area contributed by atoms with Crippen molar-refractivity contribution in [2.75, 3.05) is 19.8 Å². The van der Waals surface area contributed by atoms with Crippen molar-refractivity contribution in [2.24, 2.45) is 0 Å². The number of benzene rings is 1. The Bertz CT molecular complexity index is 447. The lowest BCUT2D eigenvalue weighted by molar-refractivity contribution is 0.170. The third-order valence-corrected chi connectivity index (χ3v) is 3.52. The Balaban J connectivity index is 2.06. The van der Waals surface area contributed by atoms with Gasteiger partial charge in [0.1, 0.15) is 18.2 Å². The molecule has 5 heteroatoms. The fourth-order valence-corrected chi connectivity index (χ4v) is 2.60. The average molecular weight is 258 g/mol. The van der Waals surface area contributed by atoms with Crippen LogP contribution >= 0.6 is 11.6 Å². The van der Waals surface area contributed by atoms with Crippen LogP contribution in [0.2, 0.25) is 5.02 Å². The predicted molar refractivity (Wildman–Crippen MR) is 62.4 cm³/mol. The van der Waals surface area contributed by atoms with Crippen LogP contribution < -0.4 is 14.8 Å². The first kappa shape index (κ1) is 11.1. The van der Waals surface area contributed by atoms with Crippen LogP contribution in [0.15, 0.2) is 6.07 Å². The lowest BCUT2D eigenvalue weighted by Crippen LogP contribution is -2.19. The first-order chi connectivity index (χ1) is 8.27. The highest BCUT2D eigenvalue weighted by atomic mass is 35.5. The molecule has 1 N–H and O–H groups in total. The molecule has 2 aliphatic rings. The normalized spacial score (nSPS) is 22.8. The molecule has 1 unspecified atom stereocenters. The van der Waals surface area contributed by atoms with Crippen molar-refractivity contribution in [1.29, 1.82) is 0 Å². The van der Waals surface area contributed by atoms with Crippen LogP contribution in [0, 0.1) is 5.82 Å². The molecule has 1 saturated heterocycles. The van der Waals surface area contributed by atoms with Gasteiger partial charge in [0.05, 0.1) is 0 Å². The topological polar surface area (TPSA) is 30.5 Å². The van der Waals surface area contributed by atoms with Crippen molar-refractivity contribution < 1.29 is 13.9 Å². The van der Waals surface area contributed by atoms with Gasteiger partial charge in [0.2, 0.25) is 0 Å². The minimum Gasteiger partial charge on any atom is -0.486 e. The molecule has 0 spiro atoms. The van der Waals surface area contributed by atoms with Gasteiger partial charge >= 0.3 is 0 Å². The Hall–Kier alpha value is -1.00. The highest BCUT2D eigenvalue weighted by molar-refractivity contribution is 6.32. The fraction of sp³-hybridized carbons (Fsp3) is 0.500. The molecule has 2 aliphatic heterocycles. The standard InChI is InChI=1S/C12H13ClFNO2/c13-10-11(14)7(8-2-1-3-15-8)6-9-12(10)17-5-4-16-9/h6,8,15H,1-5H2. The van der Waals surface area contributed by atoms with Crippen molar-refractivity contribution in [3.8, 4) is 11.5 Å². The van der Waals surface area contributed by atoms with Gasteiger partial charge in [-0.2, -0.15) is 0 Å². The van der Waals surface area contributed by atoms with Crippen LogP contribution in [0.5, 0.6) is 11.5 Å². The van der Waals surface area contributed by atoms with E-state index >= 15 is 0 Å². The average Bonchev–Trinajstić information content (AvgIpc) is 2.87. The van der Waals surface area contributed by atoms with Crippen molar-refractivity contribution in [2.45, 2.75) is 18.9 Å². The van der Waals surface area contributed by atoms with Gasteiger partial charge in [-0.1, -0.05) is 11.6 Å². The maximum Gasteiger partial charge on any atom is 0.182 e. The molecule has 0 aliphatic carbocycles. The molecule has 92 valence electrons. The van der Waals surface area contributed by atoms with E-state index in [2.05, 4.69) is 5.32 Å². The number of fused-ring (bicyclic) bond motifs is 1. The molecular weight excluding hydrogens is 245 g/mol. The smallest absolute Gasteiger partial charge is 0.182 e. The summed E-state index contributed by atoms with van der Waals surface area (Å²) < 4.78 is 24.9. The van der Waals surface area contributed by atoms with Gasteiger partial charge in [-0.15, -0.1) is 0 Å². The van der Waals surface area contributed by atoms with E-state index in [1.165, 1.54) is 0 Å². The van der Waals surface area contributed by atoms with Gasteiger partial charge in [0.15, 0.2) is 17.3 Å². The molecule has 3 rings (SSSR count). The van der Waals surface area contributed by atoms with E-state index in [1.807, 2.05) is 0 Å². The highest BCUT2D eigenvalue weighted by Crippen LogP contribution is 2.43. The van der Waals surface area contributed by atoms with Gasteiger partial charge < -0.3 is 14.8 Å². The monoisotopic (exact) mass is 257 g/mol. The van der Waals surface area contributed by atoms with Crippen LogP contribution in [-0.2, 0) is 0 Å². The lowest BCUT2D eigenvalue weighted by Gasteiger charge is -2.22. The molecule has 17 heavy (non-hydrogen) atoms. The number of rotatable bonds is 1. The number of hydrogen-bond donors (Lipinski definition) is 1. The summed E-state index contributed by atoms with van der Waals surface area (Å²) in [5, 5.41) is 3.29. The van der Waals surface area contributed by atoms with Crippen LogP contribution in [0.1, 0.15) is 24.4 Å². The van der Waals surface area contributed by atoms with Gasteiger partial charge in [0, 0.05) is 11.6 Å². The zero-order valence-electron chi connectivity index (χ0n) is 9.26. The maximum absolute atomic E-state index is 14.1. The molecule has 0 radical (unpaired) electrons. The van der Waals surface area contributed by atoms with Crippen LogP contribution in [0.4, 0.5) is 4.39 Å². The van der Waals surface area contributed by atoms with Gasteiger partial charge in [0.25, 0.3) is 0 Å². The van der Waals surface area contributed by atoms with E-state index in [9.17, 15) is 4.39 Å². The van der Waals surface area contributed by atoms with E-state index in [4.69, 9.17) is 21.1 Å². The largest absolute Gasteiger partial charge is 0.486 e. The summed E-state index contributed by atoms with van der Waals surface area (Å²) in [5.74, 6) is 0.485. The highest BCUT2D eigenvalue weighted by Gasteiger charge is 2.27. The zero-order chi connectivity index (χ0) is 11.8. The fourth-order valence-electron chi connectivity index (χ4n) is 2.35. The zero-order valence-corrected chi connectivity index (χ0v) is 10.0. The number of nitrogens with one attached hydrogen (secondary N) is 1. The van der Waals surface area contributed by atoms with Gasteiger partial charge in [-0.25, -0.2) is 4.39 Å². The van der Waals surface area contributed by atoms with Crippen molar-refractivity contribution in [3.63, 3.8) is 0 Å². The van der Waals surface area contributed by atoms with Crippen LogP contribution in [0.25, 0.3) is 0 Å². The second kappa shape index (κ2) is 4.35. The van der Waals surface area contributed by atoms with E-state index in [0.717, 1.165) is 19.4 Å². The van der Waals surface area contributed by atoms with E-state index in [-0.39, 0.29) is 11.1 Å². The summed E-state index contributed by atoms with van der Waals surface area (Å²) in [5.41, 5.74) is 0.580. The van der Waals surface area contributed by atoms with E-state index < -0.39 is 5.82 Å². The first-order valence-corrected chi connectivity index (χ1v) is 6.16. The molecule has 3 nitrogen and oxygen atoms in total. The molecule has 2 heterocycles. The third kappa shape index (κ3) is 1.85. The minimum atomic E-state index is -0.393. The molecule has 0 aromatic heterocycles. The summed E-state index contributed by atoms with van der Waals surface area (Å²) in [6.45, 7) is 1.80. The predicted octanol–water partition coefficient (Wildman–Crippen LogP) is 2.67. The SMILES string of the molecule is Fc1c(C2CCCN2)cc2c(c1Cl)OCCO2. The summed E-state index contributed by atoms with van der Waals surface area (Å²) >= 11 is 5.99. The van der Waals surface area contributed by atoms with Crippen molar-refractivity contribution in [3.05, 3.63) is 22.5 Å². The number of halogens is 2. The summed E-state index contributed by atoms with van der Waals surface area (Å²) in [6, 6.07) is 1.74. The van der Waals surface area contributed by atoms with Crippen LogP contribution in [-0.4, -0.2) is 19.8 Å². The molecular formula is C12H13ClFNO2. The maximum atomic E-state index is 14.1. The van der Waals surface area contributed by atoms with Crippen LogP contribution in [0.3, 0.4) is 0 Å². The molecule has 1 aromatic rings. The second-order valence-electron chi connectivity index (χ2n) is 4.27. The molecule has 0 saturated carbocycles. The number of ether oxygens (including phenoxy) is 2. The Morgan fingerprint density at radius 3 is 2.94 bits per heavy atom. The summed E-state index contributed by atoms with van der Waals surface area (Å²) in [7, 11) is 0. The van der Waals surface area contributed by atoms with E-state index in [1.54, 1.807) is 6.07 Å². The molecule has 0 bridgehead atoms. The molecule has 0 amide bonds. The molecule has 1 aromatic carbocycles. The molecule has 1 atom stereocenters. The Labute approximate surface area is 104 Å². The Morgan fingerprint density at radius 1 is 1.35 bits per heavy atom. The van der Waals surface area contributed by atoms with E-state index in [0.29, 0.717) is 30.3 Å². The Morgan fingerprint density at radius 2 is 2.18 bits per heavy atom.